The highest BCUT2D eigenvalue weighted by molar-refractivity contribution is 5.71. The first-order valence-electron chi connectivity index (χ1n) is 9.32. The summed E-state index contributed by atoms with van der Waals surface area (Å²) in [6.07, 6.45) is 3.51. The van der Waals surface area contributed by atoms with Gasteiger partial charge in [0.1, 0.15) is 17.4 Å². The van der Waals surface area contributed by atoms with Crippen LogP contribution in [0.5, 0.6) is 0 Å². The van der Waals surface area contributed by atoms with Crippen LogP contribution in [0.1, 0.15) is 51.7 Å². The van der Waals surface area contributed by atoms with Gasteiger partial charge < -0.3 is 4.90 Å². The van der Waals surface area contributed by atoms with Crippen molar-refractivity contribution in [2.75, 3.05) is 19.0 Å². The highest BCUT2D eigenvalue weighted by Gasteiger charge is 2.57. The monoisotopic (exact) mass is 370 g/mol. The number of nitriles is 1. The van der Waals surface area contributed by atoms with Gasteiger partial charge in [0.15, 0.2) is 17.6 Å². The van der Waals surface area contributed by atoms with E-state index in [0.717, 1.165) is 18.5 Å². The van der Waals surface area contributed by atoms with Crippen LogP contribution >= 0.6 is 0 Å². The second-order valence-electron chi connectivity index (χ2n) is 7.93. The number of halogens is 2. The Morgan fingerprint density at radius 3 is 2.33 bits per heavy atom. The van der Waals surface area contributed by atoms with Crippen molar-refractivity contribution < 1.29 is 13.3 Å². The minimum atomic E-state index is -0.788. The number of aromatic nitrogens is 1. The molecule has 0 amide bonds. The fraction of sp³-hybridized carbons (Fsp3) is 0.455. The molecular weight excluding hydrogens is 344 g/mol. The zero-order valence-corrected chi connectivity index (χ0v) is 16.8. The maximum atomic E-state index is 15.4. The molecule has 0 saturated carbocycles. The number of fused-ring (bicyclic) bond motifs is 3. The topological polar surface area (TPSA) is 30.9 Å². The molecule has 1 aliphatic rings. The van der Waals surface area contributed by atoms with Gasteiger partial charge in [0, 0.05) is 45.3 Å². The van der Waals surface area contributed by atoms with E-state index in [-0.39, 0.29) is 5.54 Å². The van der Waals surface area contributed by atoms with Crippen molar-refractivity contribution in [1.29, 1.82) is 5.26 Å². The first-order chi connectivity index (χ1) is 12.7. The predicted molar refractivity (Wildman–Crippen MR) is 103 cm³/mol. The molecule has 0 fully saturated rings. The predicted octanol–water partition coefficient (Wildman–Crippen LogP) is 4.66. The summed E-state index contributed by atoms with van der Waals surface area (Å²) >= 11 is 0. The highest BCUT2D eigenvalue weighted by atomic mass is 19.1. The molecule has 1 aromatic carbocycles. The number of hydrogen-bond acceptors (Lipinski definition) is 2. The summed E-state index contributed by atoms with van der Waals surface area (Å²) in [6.45, 7) is 8.36. The highest BCUT2D eigenvalue weighted by Crippen LogP contribution is 2.51. The first kappa shape index (κ1) is 19.3. The second-order valence-corrected chi connectivity index (χ2v) is 7.93. The molecule has 0 aliphatic carbocycles. The molecule has 2 heterocycles. The normalized spacial score (nSPS) is 23.4. The summed E-state index contributed by atoms with van der Waals surface area (Å²) in [5, 5.41) is 9.28. The van der Waals surface area contributed by atoms with Crippen LogP contribution in [0.2, 0.25) is 0 Å². The lowest BCUT2D eigenvalue weighted by Crippen LogP contribution is -2.67. The van der Waals surface area contributed by atoms with Gasteiger partial charge in [-0.2, -0.15) is 9.83 Å². The van der Waals surface area contributed by atoms with Crippen LogP contribution in [0.4, 0.5) is 14.5 Å². The Bertz CT molecular complexity index is 961. The van der Waals surface area contributed by atoms with Gasteiger partial charge in [-0.3, -0.25) is 0 Å². The lowest BCUT2D eigenvalue weighted by Gasteiger charge is -2.46. The van der Waals surface area contributed by atoms with Crippen molar-refractivity contribution >= 4 is 5.69 Å². The molecule has 2 atom stereocenters. The van der Waals surface area contributed by atoms with Gasteiger partial charge in [0.25, 0.3) is 0 Å². The van der Waals surface area contributed by atoms with E-state index in [1.165, 1.54) is 6.07 Å². The molecule has 142 valence electrons. The van der Waals surface area contributed by atoms with Gasteiger partial charge in [0.2, 0.25) is 5.69 Å². The molecule has 5 heteroatoms. The van der Waals surface area contributed by atoms with E-state index >= 15 is 4.39 Å². The van der Waals surface area contributed by atoms with Crippen LogP contribution < -0.4 is 9.47 Å². The molecule has 3 nitrogen and oxygen atoms in total. The Morgan fingerprint density at radius 2 is 1.81 bits per heavy atom. The molecule has 0 bridgehead atoms. The fourth-order valence-corrected chi connectivity index (χ4v) is 4.49. The average molecular weight is 370 g/mol. The van der Waals surface area contributed by atoms with E-state index < -0.39 is 22.6 Å². The lowest BCUT2D eigenvalue weighted by molar-refractivity contribution is -0.765. The van der Waals surface area contributed by atoms with Crippen molar-refractivity contribution in [3.05, 3.63) is 47.2 Å². The van der Waals surface area contributed by atoms with Crippen molar-refractivity contribution in [1.82, 2.24) is 0 Å². The minimum absolute atomic E-state index is 0.340. The molecule has 0 spiro atoms. The van der Waals surface area contributed by atoms with E-state index in [1.54, 1.807) is 6.07 Å². The maximum Gasteiger partial charge on any atom is 0.218 e. The van der Waals surface area contributed by atoms with Gasteiger partial charge in [-0.1, -0.05) is 13.8 Å². The van der Waals surface area contributed by atoms with Crippen molar-refractivity contribution in [2.24, 2.45) is 0 Å². The van der Waals surface area contributed by atoms with Crippen molar-refractivity contribution in [3.63, 3.8) is 0 Å². The third kappa shape index (κ3) is 2.39. The van der Waals surface area contributed by atoms with Gasteiger partial charge in [-0.15, -0.1) is 0 Å². The largest absolute Gasteiger partial charge is 0.377 e. The number of rotatable bonds is 3. The van der Waals surface area contributed by atoms with Gasteiger partial charge in [-0.05, 0) is 25.0 Å². The second kappa shape index (κ2) is 6.30. The molecule has 0 saturated heterocycles. The summed E-state index contributed by atoms with van der Waals surface area (Å²) in [4.78, 5) is 1.95. The maximum absolute atomic E-state index is 15.4. The molecule has 27 heavy (non-hydrogen) atoms. The SMILES string of the molecule is CCC1(C)c2cc(F)c(C#N)c(F)c2-c2cc(N(C)C)cc[n+]2C1(C)CC. The molecular formula is C22H26F2N3+. The van der Waals surface area contributed by atoms with E-state index in [0.29, 0.717) is 16.8 Å². The van der Waals surface area contributed by atoms with E-state index in [9.17, 15) is 9.65 Å². The zero-order chi connectivity index (χ0) is 20.1. The van der Waals surface area contributed by atoms with Gasteiger partial charge >= 0.3 is 0 Å². The summed E-state index contributed by atoms with van der Waals surface area (Å²) in [5.74, 6) is -1.56. The van der Waals surface area contributed by atoms with Crippen LogP contribution in [0.15, 0.2) is 24.4 Å². The molecule has 1 aliphatic heterocycles. The van der Waals surface area contributed by atoms with E-state index in [2.05, 4.69) is 25.3 Å². The van der Waals surface area contributed by atoms with Gasteiger partial charge in [0.05, 0.1) is 11.0 Å². The average Bonchev–Trinajstić information content (AvgIpc) is 2.65. The molecule has 1 aromatic heterocycles. The summed E-state index contributed by atoms with van der Waals surface area (Å²) < 4.78 is 32.1. The zero-order valence-electron chi connectivity index (χ0n) is 16.8. The van der Waals surface area contributed by atoms with Crippen LogP contribution in [-0.2, 0) is 11.0 Å². The Morgan fingerprint density at radius 1 is 1.15 bits per heavy atom. The van der Waals surface area contributed by atoms with Crippen LogP contribution in [0.25, 0.3) is 11.3 Å². The standard InChI is InChI=1S/C22H26F2N3/c1-7-21(3)16-12-17(23)15(13-25)20(24)19(16)18-11-14(26(5)6)9-10-27(18)22(21,4)8-2/h9-12H,7-8H2,1-6H3/q+1. The molecule has 2 unspecified atom stereocenters. The molecule has 0 N–H and O–H groups in total. The summed E-state index contributed by atoms with van der Waals surface area (Å²) in [7, 11) is 3.85. The number of pyridine rings is 1. The van der Waals surface area contributed by atoms with E-state index in [4.69, 9.17) is 0 Å². The Kier molecular flexibility index (Phi) is 4.50. The Hall–Kier alpha value is -2.48. The molecule has 3 rings (SSSR count). The van der Waals surface area contributed by atoms with Crippen LogP contribution in [0, 0.1) is 23.0 Å². The third-order valence-electron chi connectivity index (χ3n) is 6.75. The van der Waals surface area contributed by atoms with Crippen LogP contribution in [0.3, 0.4) is 0 Å². The molecule has 2 aromatic rings. The van der Waals surface area contributed by atoms with Crippen molar-refractivity contribution in [3.8, 4) is 17.3 Å². The number of nitrogens with zero attached hydrogens (tertiary/aromatic N) is 3. The lowest BCUT2D eigenvalue weighted by atomic mass is 9.60. The quantitative estimate of drug-likeness (QED) is 0.736. The van der Waals surface area contributed by atoms with Crippen LogP contribution in [-0.4, -0.2) is 14.1 Å². The summed E-state index contributed by atoms with van der Waals surface area (Å²) in [5.41, 5.74) is 1.22. The molecule has 0 radical (unpaired) electrons. The van der Waals surface area contributed by atoms with Crippen molar-refractivity contribution in [2.45, 2.75) is 51.5 Å². The number of hydrogen-bond donors (Lipinski definition) is 0. The Balaban J connectivity index is 2.53. The third-order valence-corrected chi connectivity index (χ3v) is 6.75. The first-order valence-corrected chi connectivity index (χ1v) is 9.32. The number of benzene rings is 1. The summed E-state index contributed by atoms with van der Waals surface area (Å²) in [6, 6.07) is 6.99. The Labute approximate surface area is 159 Å². The number of anilines is 1. The minimum Gasteiger partial charge on any atom is -0.377 e. The van der Waals surface area contributed by atoms with Gasteiger partial charge in [-0.25, -0.2) is 8.78 Å². The smallest absolute Gasteiger partial charge is 0.218 e. The van der Waals surface area contributed by atoms with E-state index in [1.807, 2.05) is 44.2 Å². The fourth-order valence-electron chi connectivity index (χ4n) is 4.49.